The topological polar surface area (TPSA) is 99.0 Å². The molecule has 0 fully saturated rings. The maximum absolute atomic E-state index is 11.5. The summed E-state index contributed by atoms with van der Waals surface area (Å²) in [6.45, 7) is 0.00574. The van der Waals surface area contributed by atoms with E-state index in [-0.39, 0.29) is 36.0 Å². The molecule has 0 unspecified atom stereocenters. The molecule has 0 saturated carbocycles. The van der Waals surface area contributed by atoms with E-state index in [1.807, 2.05) is 30.3 Å². The van der Waals surface area contributed by atoms with Gasteiger partial charge in [-0.1, -0.05) is 30.3 Å². The van der Waals surface area contributed by atoms with Crippen molar-refractivity contribution in [3.63, 3.8) is 0 Å². The zero-order valence-corrected chi connectivity index (χ0v) is 11.1. The highest BCUT2D eigenvalue weighted by Crippen LogP contribution is 2.31. The van der Waals surface area contributed by atoms with Crippen molar-refractivity contribution >= 4 is 6.09 Å². The fraction of sp³-hybridized carbons (Fsp3) is 0.133. The molecule has 110 valence electrons. The number of ether oxygens (including phenoxy) is 1. The molecule has 0 atom stereocenters. The van der Waals surface area contributed by atoms with Gasteiger partial charge in [0.2, 0.25) is 0 Å². The van der Waals surface area contributed by atoms with E-state index >= 15 is 0 Å². The van der Waals surface area contributed by atoms with Crippen LogP contribution < -0.4 is 5.32 Å². The van der Waals surface area contributed by atoms with Crippen molar-refractivity contribution in [1.29, 1.82) is 0 Å². The molecule has 6 heteroatoms. The second kappa shape index (κ2) is 6.51. The fourth-order valence-corrected chi connectivity index (χ4v) is 1.74. The van der Waals surface area contributed by atoms with Crippen molar-refractivity contribution in [2.45, 2.75) is 13.2 Å². The van der Waals surface area contributed by atoms with Gasteiger partial charge in [0, 0.05) is 12.1 Å². The van der Waals surface area contributed by atoms with E-state index in [9.17, 15) is 20.1 Å². The van der Waals surface area contributed by atoms with E-state index in [2.05, 4.69) is 5.32 Å². The second-order valence-electron chi connectivity index (χ2n) is 4.38. The minimum absolute atomic E-state index is 0.101. The maximum Gasteiger partial charge on any atom is 0.407 e. The van der Waals surface area contributed by atoms with Gasteiger partial charge in [-0.05, 0) is 5.56 Å². The summed E-state index contributed by atoms with van der Waals surface area (Å²) < 4.78 is 4.99. The highest BCUT2D eigenvalue weighted by Gasteiger charge is 2.11. The number of carbonyl (C=O) groups excluding carboxylic acids is 1. The van der Waals surface area contributed by atoms with Crippen molar-refractivity contribution in [3.05, 3.63) is 53.6 Å². The van der Waals surface area contributed by atoms with Crippen LogP contribution in [0.1, 0.15) is 11.1 Å². The van der Waals surface area contributed by atoms with Crippen LogP contribution in [0.2, 0.25) is 0 Å². The van der Waals surface area contributed by atoms with E-state index in [1.54, 1.807) is 0 Å². The Morgan fingerprint density at radius 1 is 1.05 bits per heavy atom. The summed E-state index contributed by atoms with van der Waals surface area (Å²) in [6.07, 6.45) is -0.675. The predicted octanol–water partition coefficient (Wildman–Crippen LogP) is 2.23. The van der Waals surface area contributed by atoms with Crippen molar-refractivity contribution in [3.8, 4) is 17.2 Å². The van der Waals surface area contributed by atoms with E-state index in [0.717, 1.165) is 17.7 Å². The second-order valence-corrected chi connectivity index (χ2v) is 4.38. The lowest BCUT2D eigenvalue weighted by Crippen LogP contribution is -2.23. The summed E-state index contributed by atoms with van der Waals surface area (Å²) in [7, 11) is 0. The van der Waals surface area contributed by atoms with Gasteiger partial charge < -0.3 is 25.4 Å². The van der Waals surface area contributed by atoms with Crippen LogP contribution in [-0.4, -0.2) is 21.4 Å². The first-order valence-corrected chi connectivity index (χ1v) is 6.24. The summed E-state index contributed by atoms with van der Waals surface area (Å²) in [6, 6.07) is 11.3. The van der Waals surface area contributed by atoms with E-state index in [0.29, 0.717) is 0 Å². The zero-order valence-electron chi connectivity index (χ0n) is 11.1. The van der Waals surface area contributed by atoms with Crippen LogP contribution in [0.25, 0.3) is 0 Å². The summed E-state index contributed by atoms with van der Waals surface area (Å²) in [4.78, 5) is 11.5. The van der Waals surface area contributed by atoms with Gasteiger partial charge >= 0.3 is 6.09 Å². The monoisotopic (exact) mass is 289 g/mol. The van der Waals surface area contributed by atoms with Crippen molar-refractivity contribution in [2.24, 2.45) is 0 Å². The van der Waals surface area contributed by atoms with Crippen LogP contribution in [0.4, 0.5) is 4.79 Å². The number of alkyl carbamates (subject to hydrolysis) is 1. The summed E-state index contributed by atoms with van der Waals surface area (Å²) in [5.41, 5.74) is 0.951. The van der Waals surface area contributed by atoms with Gasteiger partial charge in [0.1, 0.15) is 23.9 Å². The van der Waals surface area contributed by atoms with Crippen LogP contribution in [-0.2, 0) is 17.9 Å². The number of amides is 1. The molecule has 2 rings (SSSR count). The molecule has 0 aliphatic heterocycles. The highest BCUT2D eigenvalue weighted by molar-refractivity contribution is 5.67. The quantitative estimate of drug-likeness (QED) is 0.691. The summed E-state index contributed by atoms with van der Waals surface area (Å²) in [5, 5.41) is 30.7. The van der Waals surface area contributed by atoms with Gasteiger partial charge in [-0.2, -0.15) is 0 Å². The number of aromatic hydroxyl groups is 3. The number of phenolic OH excluding ortho intramolecular Hbond substituents is 3. The van der Waals surface area contributed by atoms with Gasteiger partial charge in [-0.15, -0.1) is 0 Å². The molecular formula is C15H15NO5. The molecule has 0 radical (unpaired) electrons. The lowest BCUT2D eigenvalue weighted by atomic mass is 10.1. The molecule has 4 N–H and O–H groups in total. The first-order chi connectivity index (χ1) is 10.1. The molecule has 2 aromatic carbocycles. The standard InChI is InChI=1S/C15H15NO5/c17-11-6-13(18)12(14(19)7-11)8-16-15(20)21-9-10-4-2-1-3-5-10/h1-7,17-19H,8-9H2,(H,16,20). The Bertz CT molecular complexity index is 604. The minimum Gasteiger partial charge on any atom is -0.508 e. The van der Waals surface area contributed by atoms with Gasteiger partial charge in [0.25, 0.3) is 0 Å². The number of hydrogen-bond donors (Lipinski definition) is 4. The van der Waals surface area contributed by atoms with Crippen LogP contribution in [0.5, 0.6) is 17.2 Å². The number of rotatable bonds is 4. The number of phenols is 3. The normalized spacial score (nSPS) is 10.1. The molecule has 21 heavy (non-hydrogen) atoms. The van der Waals surface area contributed by atoms with Gasteiger partial charge in [-0.25, -0.2) is 4.79 Å². The molecule has 0 aliphatic carbocycles. The molecule has 2 aromatic rings. The zero-order chi connectivity index (χ0) is 15.2. The van der Waals surface area contributed by atoms with Crippen LogP contribution in [0, 0.1) is 0 Å². The maximum atomic E-state index is 11.5. The summed E-state index contributed by atoms with van der Waals surface area (Å²) >= 11 is 0. The lowest BCUT2D eigenvalue weighted by molar-refractivity contribution is 0.139. The average molecular weight is 289 g/mol. The number of nitrogens with one attached hydrogen (secondary N) is 1. The molecule has 0 saturated heterocycles. The Balaban J connectivity index is 1.87. The molecule has 0 heterocycles. The molecule has 0 spiro atoms. The highest BCUT2D eigenvalue weighted by atomic mass is 16.5. The van der Waals surface area contributed by atoms with Crippen LogP contribution >= 0.6 is 0 Å². The van der Waals surface area contributed by atoms with Gasteiger partial charge in [-0.3, -0.25) is 0 Å². The average Bonchev–Trinajstić information content (AvgIpc) is 2.45. The first kappa shape index (κ1) is 14.5. The first-order valence-electron chi connectivity index (χ1n) is 6.24. The number of carbonyl (C=O) groups is 1. The van der Waals surface area contributed by atoms with Gasteiger partial charge in [0.05, 0.1) is 12.1 Å². The third-order valence-electron chi connectivity index (χ3n) is 2.81. The number of benzene rings is 2. The van der Waals surface area contributed by atoms with Crippen molar-refractivity contribution in [2.75, 3.05) is 0 Å². The lowest BCUT2D eigenvalue weighted by Gasteiger charge is -2.10. The Labute approximate surface area is 121 Å². The van der Waals surface area contributed by atoms with E-state index < -0.39 is 6.09 Å². The largest absolute Gasteiger partial charge is 0.508 e. The Morgan fingerprint density at radius 3 is 2.29 bits per heavy atom. The third-order valence-corrected chi connectivity index (χ3v) is 2.81. The van der Waals surface area contributed by atoms with Crippen molar-refractivity contribution in [1.82, 2.24) is 5.32 Å². The Morgan fingerprint density at radius 2 is 1.67 bits per heavy atom. The SMILES string of the molecule is O=C(NCc1c(O)cc(O)cc1O)OCc1ccccc1. The molecular weight excluding hydrogens is 274 g/mol. The van der Waals surface area contributed by atoms with Crippen LogP contribution in [0.15, 0.2) is 42.5 Å². The summed E-state index contributed by atoms with van der Waals surface area (Å²) in [5.74, 6) is -0.882. The Kier molecular flexibility index (Phi) is 4.50. The van der Waals surface area contributed by atoms with Crippen LogP contribution in [0.3, 0.4) is 0 Å². The molecule has 0 aliphatic rings. The fourth-order valence-electron chi connectivity index (χ4n) is 1.74. The van der Waals surface area contributed by atoms with Gasteiger partial charge in [0.15, 0.2) is 0 Å². The minimum atomic E-state index is -0.675. The number of hydrogen-bond acceptors (Lipinski definition) is 5. The van der Waals surface area contributed by atoms with E-state index in [4.69, 9.17) is 4.74 Å². The molecule has 0 aromatic heterocycles. The predicted molar refractivity (Wildman–Crippen MR) is 74.9 cm³/mol. The van der Waals surface area contributed by atoms with Crippen molar-refractivity contribution < 1.29 is 24.9 Å². The smallest absolute Gasteiger partial charge is 0.407 e. The molecule has 1 amide bonds. The molecule has 0 bridgehead atoms. The third kappa shape index (κ3) is 4.04. The molecule has 6 nitrogen and oxygen atoms in total. The Hall–Kier alpha value is -2.89. The van der Waals surface area contributed by atoms with E-state index in [1.165, 1.54) is 0 Å².